The van der Waals surface area contributed by atoms with Gasteiger partial charge in [0.05, 0.1) is 36.8 Å². The van der Waals surface area contributed by atoms with E-state index in [1.807, 2.05) is 0 Å². The van der Waals surface area contributed by atoms with Crippen LogP contribution in [0.4, 0.5) is 10.1 Å². The fraction of sp³-hybridized carbons (Fsp3) is 0.263. The van der Waals surface area contributed by atoms with E-state index in [2.05, 4.69) is 5.32 Å². The number of amides is 1. The van der Waals surface area contributed by atoms with Crippen molar-refractivity contribution in [3.05, 3.63) is 52.3 Å². The van der Waals surface area contributed by atoms with Crippen LogP contribution in [-0.2, 0) is 9.59 Å². The Kier molecular flexibility index (Phi) is 6.00. The molecule has 148 valence electrons. The molecule has 1 aliphatic rings. The van der Waals surface area contributed by atoms with E-state index in [4.69, 9.17) is 21.1 Å². The first kappa shape index (κ1) is 20.3. The highest BCUT2D eigenvalue weighted by Crippen LogP contribution is 2.50. The zero-order chi connectivity index (χ0) is 20.4. The largest absolute Gasteiger partial charge is 0.493 e. The van der Waals surface area contributed by atoms with Gasteiger partial charge < -0.3 is 19.9 Å². The van der Waals surface area contributed by atoms with Gasteiger partial charge in [-0.2, -0.15) is 0 Å². The molecule has 0 bridgehead atoms. The molecular formula is C19H17ClFNO5S. The standard InChI is InChI=1S/C19H17ClFNO5S/c1-26-13-5-3-4-10(17(13)27-2)18-11-6-9(20)7-12(21)16(11)22-19(25)14(28-18)8-15(23)24/h3-7,14,18H,8H2,1-2H3,(H,22,25)(H,23,24)/t14-,18-/m1/s1. The molecule has 2 N–H and O–H groups in total. The Bertz CT molecular complexity index is 939. The quantitative estimate of drug-likeness (QED) is 0.749. The summed E-state index contributed by atoms with van der Waals surface area (Å²) < 4.78 is 25.4. The Hall–Kier alpha value is -2.45. The van der Waals surface area contributed by atoms with E-state index in [9.17, 15) is 19.1 Å². The summed E-state index contributed by atoms with van der Waals surface area (Å²) in [4.78, 5) is 23.8. The number of para-hydroxylation sites is 1. The maximum atomic E-state index is 14.6. The third-order valence-electron chi connectivity index (χ3n) is 4.28. The maximum Gasteiger partial charge on any atom is 0.305 e. The average Bonchev–Trinajstić information content (AvgIpc) is 2.78. The van der Waals surface area contributed by atoms with E-state index in [0.29, 0.717) is 22.6 Å². The molecule has 1 heterocycles. The lowest BCUT2D eigenvalue weighted by molar-refractivity contribution is -0.138. The Balaban J connectivity index is 2.23. The molecule has 1 amide bonds. The summed E-state index contributed by atoms with van der Waals surface area (Å²) in [5.74, 6) is -1.53. The smallest absolute Gasteiger partial charge is 0.305 e. The summed E-state index contributed by atoms with van der Waals surface area (Å²) in [5, 5.41) is 10.3. The molecule has 0 aliphatic carbocycles. The normalized spacial score (nSPS) is 18.6. The molecule has 0 fully saturated rings. The summed E-state index contributed by atoms with van der Waals surface area (Å²) in [6.07, 6.45) is -0.414. The summed E-state index contributed by atoms with van der Waals surface area (Å²) in [5.41, 5.74) is 1.01. The number of methoxy groups -OCH3 is 2. The van der Waals surface area contributed by atoms with E-state index in [-0.39, 0.29) is 10.7 Å². The lowest BCUT2D eigenvalue weighted by Gasteiger charge is -2.23. The monoisotopic (exact) mass is 425 g/mol. The number of carboxylic acids is 1. The minimum Gasteiger partial charge on any atom is -0.493 e. The Labute approximate surface area is 170 Å². The number of ether oxygens (including phenoxy) is 2. The number of anilines is 1. The summed E-state index contributed by atoms with van der Waals surface area (Å²) in [7, 11) is 2.96. The molecule has 0 radical (unpaired) electrons. The van der Waals surface area contributed by atoms with Gasteiger partial charge in [-0.05, 0) is 23.8 Å². The van der Waals surface area contributed by atoms with Crippen LogP contribution in [0.2, 0.25) is 5.02 Å². The molecule has 9 heteroatoms. The first-order chi connectivity index (χ1) is 13.3. The van der Waals surface area contributed by atoms with Crippen molar-refractivity contribution in [3.63, 3.8) is 0 Å². The molecule has 0 spiro atoms. The van der Waals surface area contributed by atoms with Crippen LogP contribution in [0.15, 0.2) is 30.3 Å². The lowest BCUT2D eigenvalue weighted by atomic mass is 10.0. The molecule has 2 aromatic carbocycles. The number of carbonyl (C=O) groups excluding carboxylic acids is 1. The van der Waals surface area contributed by atoms with Crippen LogP contribution in [0.25, 0.3) is 0 Å². The van der Waals surface area contributed by atoms with E-state index < -0.39 is 34.6 Å². The second kappa shape index (κ2) is 8.28. The number of rotatable bonds is 5. The predicted octanol–water partition coefficient (Wildman–Crippen LogP) is 4.11. The second-order valence-corrected chi connectivity index (χ2v) is 7.78. The number of hydrogen-bond acceptors (Lipinski definition) is 5. The van der Waals surface area contributed by atoms with Crippen molar-refractivity contribution in [2.75, 3.05) is 19.5 Å². The molecule has 0 saturated heterocycles. The van der Waals surface area contributed by atoms with Gasteiger partial charge in [-0.1, -0.05) is 23.7 Å². The summed E-state index contributed by atoms with van der Waals surface area (Å²) >= 11 is 7.16. The number of thioether (sulfide) groups is 1. The van der Waals surface area contributed by atoms with Crippen LogP contribution in [0.5, 0.6) is 11.5 Å². The van der Waals surface area contributed by atoms with E-state index in [1.54, 1.807) is 24.3 Å². The highest BCUT2D eigenvalue weighted by molar-refractivity contribution is 8.01. The van der Waals surface area contributed by atoms with Gasteiger partial charge >= 0.3 is 5.97 Å². The summed E-state index contributed by atoms with van der Waals surface area (Å²) in [6, 6.07) is 7.86. The number of carbonyl (C=O) groups is 2. The van der Waals surface area contributed by atoms with Crippen LogP contribution in [0.3, 0.4) is 0 Å². The third-order valence-corrected chi connectivity index (χ3v) is 5.99. The van der Waals surface area contributed by atoms with Crippen molar-refractivity contribution in [2.24, 2.45) is 0 Å². The average molecular weight is 426 g/mol. The van der Waals surface area contributed by atoms with Crippen LogP contribution in [0.1, 0.15) is 22.8 Å². The number of aliphatic carboxylic acids is 1. The lowest BCUT2D eigenvalue weighted by Crippen LogP contribution is -2.26. The van der Waals surface area contributed by atoms with E-state index >= 15 is 0 Å². The summed E-state index contributed by atoms with van der Waals surface area (Å²) in [6.45, 7) is 0. The van der Waals surface area contributed by atoms with Crippen LogP contribution < -0.4 is 14.8 Å². The fourth-order valence-corrected chi connectivity index (χ4v) is 4.72. The topological polar surface area (TPSA) is 84.9 Å². The van der Waals surface area contributed by atoms with Crippen LogP contribution in [0, 0.1) is 5.82 Å². The fourth-order valence-electron chi connectivity index (χ4n) is 3.09. The zero-order valence-electron chi connectivity index (χ0n) is 15.0. The van der Waals surface area contributed by atoms with Crippen molar-refractivity contribution >= 4 is 40.9 Å². The highest BCUT2D eigenvalue weighted by Gasteiger charge is 2.36. The third kappa shape index (κ3) is 3.88. The number of benzene rings is 2. The highest BCUT2D eigenvalue weighted by atomic mass is 35.5. The molecular weight excluding hydrogens is 409 g/mol. The number of halogens is 2. The second-order valence-electron chi connectivity index (χ2n) is 6.03. The van der Waals surface area contributed by atoms with Crippen molar-refractivity contribution in [1.82, 2.24) is 0 Å². The number of fused-ring (bicyclic) bond motifs is 1. The first-order valence-electron chi connectivity index (χ1n) is 8.23. The maximum absolute atomic E-state index is 14.6. The van der Waals surface area contributed by atoms with Gasteiger partial charge in [0.15, 0.2) is 11.5 Å². The molecule has 0 aromatic heterocycles. The van der Waals surface area contributed by atoms with Crippen molar-refractivity contribution < 1.29 is 28.6 Å². The van der Waals surface area contributed by atoms with Gasteiger partial charge in [-0.3, -0.25) is 9.59 Å². The van der Waals surface area contributed by atoms with Gasteiger partial charge in [-0.25, -0.2) is 4.39 Å². The molecule has 3 rings (SSSR count). The Morgan fingerprint density at radius 2 is 2.04 bits per heavy atom. The predicted molar refractivity (Wildman–Crippen MR) is 105 cm³/mol. The van der Waals surface area contributed by atoms with Gasteiger partial charge in [-0.15, -0.1) is 11.8 Å². The molecule has 0 saturated carbocycles. The minimum absolute atomic E-state index is 0.0235. The number of nitrogens with one attached hydrogen (secondary N) is 1. The molecule has 6 nitrogen and oxygen atoms in total. The van der Waals surface area contributed by atoms with Crippen molar-refractivity contribution in [1.29, 1.82) is 0 Å². The van der Waals surface area contributed by atoms with Crippen molar-refractivity contribution in [2.45, 2.75) is 16.9 Å². The van der Waals surface area contributed by atoms with Gasteiger partial charge in [0.25, 0.3) is 0 Å². The SMILES string of the molecule is COc1cccc([C@H]2S[C@H](CC(=O)O)C(=O)Nc3c(F)cc(Cl)cc32)c1OC. The minimum atomic E-state index is -1.13. The molecule has 28 heavy (non-hydrogen) atoms. The molecule has 0 unspecified atom stereocenters. The first-order valence-corrected chi connectivity index (χ1v) is 9.55. The van der Waals surface area contributed by atoms with Gasteiger partial charge in [0.1, 0.15) is 5.82 Å². The molecule has 1 aliphatic heterocycles. The Morgan fingerprint density at radius 3 is 2.68 bits per heavy atom. The molecule has 2 atom stereocenters. The van der Waals surface area contributed by atoms with E-state index in [0.717, 1.165) is 17.8 Å². The van der Waals surface area contributed by atoms with Crippen LogP contribution in [-0.4, -0.2) is 36.5 Å². The molecule has 2 aromatic rings. The van der Waals surface area contributed by atoms with Gasteiger partial charge in [0.2, 0.25) is 5.91 Å². The van der Waals surface area contributed by atoms with E-state index in [1.165, 1.54) is 14.2 Å². The number of hydrogen-bond donors (Lipinski definition) is 2. The zero-order valence-corrected chi connectivity index (χ0v) is 16.6. The van der Waals surface area contributed by atoms with Gasteiger partial charge in [0, 0.05) is 10.6 Å². The number of carboxylic acid groups (broad SMARTS) is 1. The van der Waals surface area contributed by atoms with Crippen LogP contribution >= 0.6 is 23.4 Å². The van der Waals surface area contributed by atoms with Crippen molar-refractivity contribution in [3.8, 4) is 11.5 Å². The Morgan fingerprint density at radius 1 is 1.29 bits per heavy atom.